The maximum Gasteiger partial charge on any atom is 0.417 e. The molecule has 1 aliphatic carbocycles. The van der Waals surface area contributed by atoms with Gasteiger partial charge in [-0.05, 0) is 55.5 Å². The number of nitrogens with zero attached hydrogens (tertiary/aromatic N) is 5. The van der Waals surface area contributed by atoms with Crippen LogP contribution in [-0.4, -0.2) is 31.1 Å². The predicted molar refractivity (Wildman–Crippen MR) is 142 cm³/mol. The lowest BCUT2D eigenvalue weighted by molar-refractivity contribution is -0.385. The van der Waals surface area contributed by atoms with Crippen LogP contribution < -0.4 is 9.80 Å². The van der Waals surface area contributed by atoms with Crippen LogP contribution in [0.15, 0.2) is 61.7 Å². The van der Waals surface area contributed by atoms with Crippen molar-refractivity contribution in [2.24, 2.45) is 5.92 Å². The fourth-order valence-electron chi connectivity index (χ4n) is 3.83. The summed E-state index contributed by atoms with van der Waals surface area (Å²) in [7, 11) is 0. The van der Waals surface area contributed by atoms with Crippen LogP contribution in [0.25, 0.3) is 0 Å². The van der Waals surface area contributed by atoms with Gasteiger partial charge in [-0.25, -0.2) is 0 Å². The fourth-order valence-corrected chi connectivity index (χ4v) is 3.83. The van der Waals surface area contributed by atoms with E-state index in [1.807, 2.05) is 12.1 Å². The Morgan fingerprint density at radius 2 is 1.58 bits per heavy atom. The number of hydrogen-bond acceptors (Lipinski definition) is 6. The summed E-state index contributed by atoms with van der Waals surface area (Å²) in [6, 6.07) is 11.9. The number of halogens is 3. The number of alkyl halides is 3. The summed E-state index contributed by atoms with van der Waals surface area (Å²) < 4.78 is 38.5. The van der Waals surface area contributed by atoms with Gasteiger partial charge in [0.05, 0.1) is 22.1 Å². The molecule has 0 bridgehead atoms. The number of anilines is 2. The van der Waals surface area contributed by atoms with Gasteiger partial charge >= 0.3 is 6.18 Å². The summed E-state index contributed by atoms with van der Waals surface area (Å²) in [6.45, 7) is 11.9. The van der Waals surface area contributed by atoms with Gasteiger partial charge in [0, 0.05) is 43.6 Å². The van der Waals surface area contributed by atoms with Crippen molar-refractivity contribution < 1.29 is 18.1 Å². The summed E-state index contributed by atoms with van der Waals surface area (Å²) in [5.41, 5.74) is -0.0573. The third-order valence-corrected chi connectivity index (χ3v) is 5.83. The number of hydrogen-bond donors (Lipinski definition) is 0. The molecule has 10 heteroatoms. The summed E-state index contributed by atoms with van der Waals surface area (Å²) in [6.07, 6.45) is 2.14. The minimum Gasteiger partial charge on any atom is -0.371 e. The molecule has 0 amide bonds. The molecular formula is C28H30F3N5O2. The third kappa shape index (κ3) is 8.38. The van der Waals surface area contributed by atoms with E-state index in [9.17, 15) is 23.3 Å². The van der Waals surface area contributed by atoms with Gasteiger partial charge in [0.15, 0.2) is 0 Å². The Labute approximate surface area is 220 Å². The van der Waals surface area contributed by atoms with E-state index in [0.717, 1.165) is 37.2 Å². The Balaban J connectivity index is 0.000000267. The minimum atomic E-state index is -4.55. The second-order valence-electron chi connectivity index (χ2n) is 8.78. The highest BCUT2D eigenvalue weighted by molar-refractivity contribution is 5.60. The molecule has 2 aromatic carbocycles. The molecule has 0 aliphatic heterocycles. The Morgan fingerprint density at radius 1 is 1.03 bits per heavy atom. The summed E-state index contributed by atoms with van der Waals surface area (Å²) in [5, 5.41) is 28.6. The molecule has 0 aromatic heterocycles. The van der Waals surface area contributed by atoms with Crippen molar-refractivity contribution in [3.8, 4) is 12.1 Å². The van der Waals surface area contributed by atoms with E-state index in [4.69, 9.17) is 10.5 Å². The lowest BCUT2D eigenvalue weighted by atomic mass is 10.1. The average Bonchev–Trinajstić information content (AvgIpc) is 3.71. The molecule has 1 fully saturated rings. The molecule has 1 aliphatic rings. The van der Waals surface area contributed by atoms with Gasteiger partial charge in [0.1, 0.15) is 11.6 Å². The van der Waals surface area contributed by atoms with E-state index in [-0.39, 0.29) is 16.8 Å². The lowest BCUT2D eigenvalue weighted by Gasteiger charge is -2.24. The molecule has 0 radical (unpaired) electrons. The lowest BCUT2D eigenvalue weighted by Crippen LogP contribution is -2.26. The van der Waals surface area contributed by atoms with Crippen LogP contribution in [-0.2, 0) is 6.18 Å². The quantitative estimate of drug-likeness (QED) is 0.181. The number of nitriles is 2. The van der Waals surface area contributed by atoms with Crippen LogP contribution >= 0.6 is 0 Å². The van der Waals surface area contributed by atoms with E-state index in [1.165, 1.54) is 31.0 Å². The second-order valence-corrected chi connectivity index (χ2v) is 8.78. The van der Waals surface area contributed by atoms with Crippen molar-refractivity contribution >= 4 is 17.1 Å². The zero-order valence-corrected chi connectivity index (χ0v) is 21.2. The van der Waals surface area contributed by atoms with Crippen molar-refractivity contribution in [3.63, 3.8) is 0 Å². The summed E-state index contributed by atoms with van der Waals surface area (Å²) in [5.74, 6) is 0.723. The first-order valence-electron chi connectivity index (χ1n) is 12.1. The molecule has 7 nitrogen and oxygen atoms in total. The first-order chi connectivity index (χ1) is 18.1. The minimum absolute atomic E-state index is 0.100. The van der Waals surface area contributed by atoms with Crippen molar-refractivity contribution in [3.05, 3.63) is 88.5 Å². The van der Waals surface area contributed by atoms with Crippen LogP contribution in [0.5, 0.6) is 0 Å². The SMILES string of the molecule is C=CCN(CC=C)c1ccc(C#N)c(C(F)(F)F)c1.CCCN(CC1CC1)c1ccc(C#N)c([N+](=O)[O-])c1. The summed E-state index contributed by atoms with van der Waals surface area (Å²) in [4.78, 5) is 14.4. The highest BCUT2D eigenvalue weighted by Gasteiger charge is 2.34. The molecule has 1 saturated carbocycles. The molecular weight excluding hydrogens is 495 g/mol. The smallest absolute Gasteiger partial charge is 0.371 e. The molecule has 38 heavy (non-hydrogen) atoms. The van der Waals surface area contributed by atoms with Gasteiger partial charge in [0.25, 0.3) is 5.69 Å². The van der Waals surface area contributed by atoms with Gasteiger partial charge in [0.2, 0.25) is 0 Å². The molecule has 0 atom stereocenters. The van der Waals surface area contributed by atoms with Crippen molar-refractivity contribution in [1.29, 1.82) is 10.5 Å². The molecule has 0 unspecified atom stereocenters. The average molecular weight is 526 g/mol. The van der Waals surface area contributed by atoms with Crippen LogP contribution in [0.2, 0.25) is 0 Å². The van der Waals surface area contributed by atoms with E-state index in [1.54, 1.807) is 29.2 Å². The molecule has 3 rings (SSSR count). The van der Waals surface area contributed by atoms with Crippen molar-refractivity contribution in [2.45, 2.75) is 32.4 Å². The Kier molecular flexibility index (Phi) is 10.9. The molecule has 0 N–H and O–H groups in total. The van der Waals surface area contributed by atoms with E-state index < -0.39 is 16.7 Å². The Bertz CT molecular complexity index is 1220. The monoisotopic (exact) mass is 525 g/mol. The molecule has 0 saturated heterocycles. The Hall–Kier alpha value is -4.31. The number of benzene rings is 2. The maximum absolute atomic E-state index is 12.8. The zero-order chi connectivity index (χ0) is 28.3. The van der Waals surface area contributed by atoms with Crippen LogP contribution in [0.4, 0.5) is 30.2 Å². The van der Waals surface area contributed by atoms with Gasteiger partial charge in [-0.15, -0.1) is 13.2 Å². The van der Waals surface area contributed by atoms with E-state index >= 15 is 0 Å². The number of nitro groups is 1. The first kappa shape index (κ1) is 29.9. The van der Waals surface area contributed by atoms with E-state index in [0.29, 0.717) is 18.8 Å². The van der Waals surface area contributed by atoms with Gasteiger partial charge < -0.3 is 9.80 Å². The Morgan fingerprint density at radius 3 is 2.03 bits per heavy atom. The first-order valence-corrected chi connectivity index (χ1v) is 12.1. The van der Waals surface area contributed by atoms with Gasteiger partial charge in [-0.3, -0.25) is 10.1 Å². The van der Waals surface area contributed by atoms with Gasteiger partial charge in [-0.1, -0.05) is 19.1 Å². The highest BCUT2D eigenvalue weighted by Crippen LogP contribution is 2.35. The number of nitro benzene ring substituents is 1. The second kappa shape index (κ2) is 13.8. The molecule has 0 spiro atoms. The molecule has 200 valence electrons. The van der Waals surface area contributed by atoms with E-state index in [2.05, 4.69) is 25.0 Å². The molecule has 0 heterocycles. The normalized spacial score (nSPS) is 12.3. The zero-order valence-electron chi connectivity index (χ0n) is 21.2. The maximum atomic E-state index is 12.8. The predicted octanol–water partition coefficient (Wildman–Crippen LogP) is 6.85. The van der Waals surface area contributed by atoms with Crippen LogP contribution in [0.3, 0.4) is 0 Å². The highest BCUT2D eigenvalue weighted by atomic mass is 19.4. The third-order valence-electron chi connectivity index (χ3n) is 5.83. The van der Waals surface area contributed by atoms with Crippen molar-refractivity contribution in [1.82, 2.24) is 0 Å². The fraction of sp³-hybridized carbons (Fsp3) is 0.357. The standard InChI is InChI=1S/C14H13F3N2.C14H17N3O2/c1-3-7-19(8-4-2)12-6-5-11(10-18)13(9-12)14(15,16)17;1-2-7-16(10-11-3-4-11)13-6-5-12(9-15)14(8-13)17(18)19/h3-6,9H,1-2,7-8H2;5-6,8,11H,2-4,7,10H2,1H3. The molecule has 2 aromatic rings. The van der Waals surface area contributed by atoms with Gasteiger partial charge in [-0.2, -0.15) is 23.7 Å². The van der Waals surface area contributed by atoms with Crippen LogP contribution in [0, 0.1) is 38.7 Å². The topological polar surface area (TPSA) is 97.2 Å². The number of rotatable bonds is 11. The van der Waals surface area contributed by atoms with Crippen molar-refractivity contribution in [2.75, 3.05) is 36.0 Å². The summed E-state index contributed by atoms with van der Waals surface area (Å²) >= 11 is 0. The van der Waals surface area contributed by atoms with Crippen LogP contribution in [0.1, 0.15) is 42.9 Å². The largest absolute Gasteiger partial charge is 0.417 e.